The van der Waals surface area contributed by atoms with E-state index in [0.717, 1.165) is 95.2 Å². The summed E-state index contributed by atoms with van der Waals surface area (Å²) in [7, 11) is 2.17. The normalized spacial score (nSPS) is 16.2. The monoisotopic (exact) mass is 820 g/mol. The van der Waals surface area contributed by atoms with Crippen molar-refractivity contribution in [3.8, 4) is 11.1 Å². The van der Waals surface area contributed by atoms with Crippen molar-refractivity contribution in [1.82, 2.24) is 25.8 Å². The SMILES string of the molecule is CC(C)C[C@H](CN[C@H](CCCCN)C(=O)N1CCC(N(C)C[C@@H](C)c2ccc(-c3ccccc3)c(F)c2)CC1)NC[C@@H](Cc1ccccc1)NC[C@H](N)Cc1ccccc1. The number of hydrogen-bond acceptors (Lipinski definition) is 7. The number of benzene rings is 4. The number of nitrogens with one attached hydrogen (secondary N) is 3. The number of hydrogen-bond donors (Lipinski definition) is 5. The van der Waals surface area contributed by atoms with Crippen LogP contribution >= 0.6 is 0 Å². The predicted octanol–water partition coefficient (Wildman–Crippen LogP) is 7.38. The van der Waals surface area contributed by atoms with Gasteiger partial charge in [0.1, 0.15) is 5.82 Å². The Morgan fingerprint density at radius 2 is 1.38 bits per heavy atom. The summed E-state index contributed by atoms with van der Waals surface area (Å²) in [6, 6.07) is 37.1. The Balaban J connectivity index is 1.14. The van der Waals surface area contributed by atoms with E-state index in [0.29, 0.717) is 30.6 Å². The molecule has 60 heavy (non-hydrogen) atoms. The third kappa shape index (κ3) is 15.5. The minimum atomic E-state index is -0.245. The van der Waals surface area contributed by atoms with Gasteiger partial charge in [-0.3, -0.25) is 4.79 Å². The Morgan fingerprint density at radius 3 is 2.00 bits per heavy atom. The topological polar surface area (TPSA) is 112 Å². The first-order valence-electron chi connectivity index (χ1n) is 22.7. The van der Waals surface area contributed by atoms with E-state index in [1.54, 1.807) is 6.07 Å². The molecule has 8 nitrogen and oxygen atoms in total. The molecular weight excluding hydrogens is 746 g/mol. The van der Waals surface area contributed by atoms with Gasteiger partial charge in [0.15, 0.2) is 0 Å². The lowest BCUT2D eigenvalue weighted by atomic mass is 9.95. The fourth-order valence-electron chi connectivity index (χ4n) is 8.75. The molecule has 1 amide bonds. The van der Waals surface area contributed by atoms with Gasteiger partial charge in [0.25, 0.3) is 0 Å². The average molecular weight is 820 g/mol. The zero-order chi connectivity index (χ0) is 42.7. The van der Waals surface area contributed by atoms with Crippen LogP contribution in [0.25, 0.3) is 11.1 Å². The third-order valence-corrected chi connectivity index (χ3v) is 12.2. The molecule has 1 fully saturated rings. The van der Waals surface area contributed by atoms with Gasteiger partial charge in [-0.1, -0.05) is 130 Å². The van der Waals surface area contributed by atoms with Crippen molar-refractivity contribution in [2.75, 3.05) is 52.9 Å². The molecule has 1 aliphatic rings. The number of amides is 1. The first kappa shape index (κ1) is 47.1. The molecule has 1 aliphatic heterocycles. The highest BCUT2D eigenvalue weighted by Gasteiger charge is 2.30. The Labute approximate surface area is 361 Å². The van der Waals surface area contributed by atoms with Crippen molar-refractivity contribution in [1.29, 1.82) is 0 Å². The van der Waals surface area contributed by atoms with E-state index in [9.17, 15) is 4.79 Å². The maximum Gasteiger partial charge on any atom is 0.239 e. The fraction of sp³-hybridized carbons (Fsp3) is 0.510. The first-order valence-corrected chi connectivity index (χ1v) is 22.7. The maximum absolute atomic E-state index is 15.2. The fourth-order valence-corrected chi connectivity index (χ4v) is 8.75. The minimum Gasteiger partial charge on any atom is -0.341 e. The van der Waals surface area contributed by atoms with Crippen molar-refractivity contribution >= 4 is 5.91 Å². The summed E-state index contributed by atoms with van der Waals surface area (Å²) < 4.78 is 15.2. The molecule has 0 spiro atoms. The molecule has 5 rings (SSSR count). The molecule has 326 valence electrons. The van der Waals surface area contributed by atoms with E-state index in [2.05, 4.69) is 114 Å². The molecule has 0 aromatic heterocycles. The minimum absolute atomic E-state index is 0.0162. The average Bonchev–Trinajstić information content (AvgIpc) is 3.26. The molecule has 0 saturated carbocycles. The molecule has 0 aliphatic carbocycles. The quantitative estimate of drug-likeness (QED) is 0.0444. The van der Waals surface area contributed by atoms with E-state index in [-0.39, 0.29) is 41.8 Å². The zero-order valence-electron chi connectivity index (χ0n) is 36.9. The summed E-state index contributed by atoms with van der Waals surface area (Å²) in [5, 5.41) is 11.5. The maximum atomic E-state index is 15.2. The number of nitrogens with zero attached hydrogens (tertiary/aromatic N) is 2. The lowest BCUT2D eigenvalue weighted by Gasteiger charge is -2.39. The number of unbranched alkanes of at least 4 members (excludes halogenated alkanes) is 1. The van der Waals surface area contributed by atoms with Crippen LogP contribution in [0.3, 0.4) is 0 Å². The number of halogens is 1. The van der Waals surface area contributed by atoms with Crippen LogP contribution in [-0.4, -0.2) is 98.8 Å². The molecule has 0 radical (unpaired) electrons. The lowest BCUT2D eigenvalue weighted by molar-refractivity contribution is -0.135. The van der Waals surface area contributed by atoms with Gasteiger partial charge in [0.05, 0.1) is 6.04 Å². The summed E-state index contributed by atoms with van der Waals surface area (Å²) >= 11 is 0. The molecule has 4 aromatic rings. The molecule has 7 N–H and O–H groups in total. The second-order valence-electron chi connectivity index (χ2n) is 17.7. The van der Waals surface area contributed by atoms with E-state index >= 15 is 4.39 Å². The number of likely N-dealkylation sites (tertiary alicyclic amines) is 1. The Bertz CT molecular complexity index is 1790. The molecule has 1 saturated heterocycles. The summed E-state index contributed by atoms with van der Waals surface area (Å²) in [6.07, 6.45) is 7.18. The summed E-state index contributed by atoms with van der Waals surface area (Å²) in [6.45, 7) is 11.9. The van der Waals surface area contributed by atoms with Crippen molar-refractivity contribution in [3.63, 3.8) is 0 Å². The van der Waals surface area contributed by atoms with Crippen molar-refractivity contribution in [3.05, 3.63) is 132 Å². The van der Waals surface area contributed by atoms with Gasteiger partial charge < -0.3 is 37.2 Å². The van der Waals surface area contributed by atoms with Gasteiger partial charge in [-0.05, 0) is 98.7 Å². The van der Waals surface area contributed by atoms with Gasteiger partial charge in [0.2, 0.25) is 5.91 Å². The Kier molecular flexibility index (Phi) is 19.7. The number of carbonyl (C=O) groups excluding carboxylic acids is 1. The van der Waals surface area contributed by atoms with Crippen LogP contribution in [0, 0.1) is 11.7 Å². The Hall–Kier alpha value is -3.96. The van der Waals surface area contributed by atoms with Crippen molar-refractivity contribution in [2.45, 2.75) is 108 Å². The highest BCUT2D eigenvalue weighted by Crippen LogP contribution is 2.28. The number of piperidine rings is 1. The summed E-state index contributed by atoms with van der Waals surface area (Å²) in [5.41, 5.74) is 17.6. The van der Waals surface area contributed by atoms with E-state index in [4.69, 9.17) is 11.5 Å². The van der Waals surface area contributed by atoms with Gasteiger partial charge in [-0.2, -0.15) is 0 Å². The molecular formula is C51H74FN7O. The van der Waals surface area contributed by atoms with E-state index in [1.807, 2.05) is 42.5 Å². The van der Waals surface area contributed by atoms with Crippen LogP contribution in [-0.2, 0) is 17.6 Å². The molecule has 1 heterocycles. The number of carbonyl (C=O) groups is 1. The number of rotatable bonds is 25. The van der Waals surface area contributed by atoms with Crippen molar-refractivity contribution < 1.29 is 9.18 Å². The zero-order valence-corrected chi connectivity index (χ0v) is 36.9. The second-order valence-corrected chi connectivity index (χ2v) is 17.7. The first-order chi connectivity index (χ1) is 29.1. The van der Waals surface area contributed by atoms with Crippen molar-refractivity contribution in [2.24, 2.45) is 17.4 Å². The van der Waals surface area contributed by atoms with Crippen LogP contribution < -0.4 is 27.4 Å². The van der Waals surface area contributed by atoms with Gasteiger partial charge in [-0.25, -0.2) is 4.39 Å². The van der Waals surface area contributed by atoms with Crippen LogP contribution in [0.5, 0.6) is 0 Å². The van der Waals surface area contributed by atoms with Crippen LogP contribution in [0.2, 0.25) is 0 Å². The lowest BCUT2D eigenvalue weighted by Crippen LogP contribution is -2.54. The van der Waals surface area contributed by atoms with E-state index < -0.39 is 0 Å². The summed E-state index contributed by atoms with van der Waals surface area (Å²) in [4.78, 5) is 18.7. The molecule has 4 aromatic carbocycles. The van der Waals surface area contributed by atoms with Gasteiger partial charge in [-0.15, -0.1) is 0 Å². The largest absolute Gasteiger partial charge is 0.341 e. The number of nitrogens with two attached hydrogens (primary N) is 2. The van der Waals surface area contributed by atoms with Crippen LogP contribution in [0.4, 0.5) is 4.39 Å². The van der Waals surface area contributed by atoms with Crippen LogP contribution in [0.1, 0.15) is 81.9 Å². The Morgan fingerprint density at radius 1 is 0.783 bits per heavy atom. The molecule has 5 atom stereocenters. The van der Waals surface area contributed by atoms with E-state index in [1.165, 1.54) is 11.1 Å². The highest BCUT2D eigenvalue weighted by atomic mass is 19.1. The second kappa shape index (κ2) is 25.1. The molecule has 0 bridgehead atoms. The molecule has 0 unspecified atom stereocenters. The standard InChI is InChI=1S/C51H74FN7O/c1-38(2)30-45(56-35-46(32-41-18-10-6-11-19-41)55-34-44(54)31-40-16-8-5-9-17-40)36-57-50(22-14-15-27-53)51(60)59-28-25-47(26-29-59)58(4)37-39(3)43-23-24-48(49(52)33-43)42-20-12-7-13-21-42/h5-13,16-21,23-24,33,38-39,44-47,50,55-57H,14-15,22,25-32,34-37,53-54H2,1-4H3/t39-,44-,45-,46-,50-/m1/s1. The molecule has 9 heteroatoms. The summed E-state index contributed by atoms with van der Waals surface area (Å²) in [5.74, 6) is 0.705. The number of likely N-dealkylation sites (N-methyl/N-ethyl adjacent to an activating group) is 1. The van der Waals surface area contributed by atoms with Crippen LogP contribution in [0.15, 0.2) is 109 Å². The van der Waals surface area contributed by atoms with Gasteiger partial charge >= 0.3 is 0 Å². The van der Waals surface area contributed by atoms with Gasteiger partial charge in [0, 0.05) is 69.0 Å². The smallest absolute Gasteiger partial charge is 0.239 e. The predicted molar refractivity (Wildman–Crippen MR) is 248 cm³/mol. The third-order valence-electron chi connectivity index (χ3n) is 12.2. The highest BCUT2D eigenvalue weighted by molar-refractivity contribution is 5.82.